The predicted octanol–water partition coefficient (Wildman–Crippen LogP) is 5.59. The van der Waals surface area contributed by atoms with Crippen LogP contribution in [0.2, 0.25) is 0 Å². The lowest BCUT2D eigenvalue weighted by Gasteiger charge is -2.28. The van der Waals surface area contributed by atoms with E-state index in [-0.39, 0.29) is 0 Å². The van der Waals surface area contributed by atoms with Crippen LogP contribution in [0.1, 0.15) is 21.5 Å². The van der Waals surface area contributed by atoms with Crippen LogP contribution in [-0.4, -0.2) is 6.29 Å². The van der Waals surface area contributed by atoms with Crippen LogP contribution in [0, 0.1) is 13.8 Å². The first kappa shape index (κ1) is 15.0. The molecule has 0 aromatic heterocycles. The summed E-state index contributed by atoms with van der Waals surface area (Å²) in [6.45, 7) is 4.22. The third-order valence-corrected chi connectivity index (χ3v) is 4.00. The summed E-state index contributed by atoms with van der Waals surface area (Å²) < 4.78 is 0. The van der Waals surface area contributed by atoms with Gasteiger partial charge < -0.3 is 4.90 Å². The van der Waals surface area contributed by atoms with Crippen LogP contribution in [0.25, 0.3) is 0 Å². The fraction of sp³-hybridized carbons (Fsp3) is 0.0952. The maximum absolute atomic E-state index is 10.9. The number of para-hydroxylation sites is 2. The summed E-state index contributed by atoms with van der Waals surface area (Å²) in [6.07, 6.45) is 0.871. The van der Waals surface area contributed by atoms with Crippen LogP contribution in [0.4, 0.5) is 17.1 Å². The number of rotatable bonds is 4. The Morgan fingerprint density at radius 3 is 1.61 bits per heavy atom. The Labute approximate surface area is 137 Å². The lowest BCUT2D eigenvalue weighted by molar-refractivity contribution is 0.112. The molecule has 2 nitrogen and oxygen atoms in total. The van der Waals surface area contributed by atoms with Gasteiger partial charge in [-0.15, -0.1) is 0 Å². The van der Waals surface area contributed by atoms with Gasteiger partial charge in [0.05, 0.1) is 0 Å². The van der Waals surface area contributed by atoms with Crippen LogP contribution in [0.15, 0.2) is 72.8 Å². The highest BCUT2D eigenvalue weighted by Crippen LogP contribution is 2.37. The number of anilines is 3. The monoisotopic (exact) mass is 301 g/mol. The van der Waals surface area contributed by atoms with Gasteiger partial charge in [-0.2, -0.15) is 0 Å². The molecule has 0 saturated carbocycles. The standard InChI is InChI=1S/C21H19NO/c1-16-7-3-5-9-20(16)22(21-10-6-4-8-17(21)2)19-13-11-18(15-23)12-14-19/h3-15H,1-2H3. The largest absolute Gasteiger partial charge is 0.310 e. The summed E-state index contributed by atoms with van der Waals surface area (Å²) in [4.78, 5) is 13.2. The van der Waals surface area contributed by atoms with Gasteiger partial charge in [0, 0.05) is 22.6 Å². The second-order valence-electron chi connectivity index (χ2n) is 5.62. The summed E-state index contributed by atoms with van der Waals surface area (Å²) in [5, 5.41) is 0. The van der Waals surface area contributed by atoms with Crippen molar-refractivity contribution in [3.05, 3.63) is 89.5 Å². The maximum atomic E-state index is 10.9. The molecule has 0 fully saturated rings. The zero-order valence-electron chi connectivity index (χ0n) is 13.4. The van der Waals surface area contributed by atoms with Gasteiger partial charge in [-0.1, -0.05) is 36.4 Å². The average Bonchev–Trinajstić information content (AvgIpc) is 2.59. The van der Waals surface area contributed by atoms with Gasteiger partial charge in [-0.25, -0.2) is 0 Å². The van der Waals surface area contributed by atoms with Crippen molar-refractivity contribution < 1.29 is 4.79 Å². The van der Waals surface area contributed by atoms with E-state index in [1.54, 1.807) is 0 Å². The van der Waals surface area contributed by atoms with E-state index in [1.165, 1.54) is 11.1 Å². The molecule has 0 amide bonds. The first-order chi connectivity index (χ1) is 11.2. The molecule has 23 heavy (non-hydrogen) atoms. The number of aryl methyl sites for hydroxylation is 2. The van der Waals surface area contributed by atoms with Gasteiger partial charge in [-0.3, -0.25) is 4.79 Å². The molecule has 0 aliphatic carbocycles. The Balaban J connectivity index is 2.19. The van der Waals surface area contributed by atoms with E-state index in [0.29, 0.717) is 5.56 Å². The van der Waals surface area contributed by atoms with Crippen molar-refractivity contribution in [1.82, 2.24) is 0 Å². The van der Waals surface area contributed by atoms with Gasteiger partial charge in [0.15, 0.2) is 0 Å². The van der Waals surface area contributed by atoms with E-state index in [2.05, 4.69) is 43.0 Å². The fourth-order valence-corrected chi connectivity index (χ4v) is 2.74. The van der Waals surface area contributed by atoms with Crippen molar-refractivity contribution in [1.29, 1.82) is 0 Å². The van der Waals surface area contributed by atoms with Crippen molar-refractivity contribution in [2.45, 2.75) is 13.8 Å². The van der Waals surface area contributed by atoms with Crippen molar-refractivity contribution in [3.8, 4) is 0 Å². The summed E-state index contributed by atoms with van der Waals surface area (Å²) in [7, 11) is 0. The molecule has 0 atom stereocenters. The molecule has 0 heterocycles. The molecule has 0 unspecified atom stereocenters. The molecular weight excluding hydrogens is 282 g/mol. The summed E-state index contributed by atoms with van der Waals surface area (Å²) in [5.41, 5.74) is 6.41. The number of carbonyl (C=O) groups is 1. The van der Waals surface area contributed by atoms with Crippen molar-refractivity contribution in [3.63, 3.8) is 0 Å². The first-order valence-electron chi connectivity index (χ1n) is 7.67. The van der Waals surface area contributed by atoms with Crippen LogP contribution in [0.5, 0.6) is 0 Å². The molecule has 0 bridgehead atoms. The molecule has 0 aliphatic rings. The molecule has 3 aromatic carbocycles. The number of hydrogen-bond acceptors (Lipinski definition) is 2. The Bertz CT molecular complexity index is 776. The molecule has 0 N–H and O–H groups in total. The Morgan fingerprint density at radius 1 is 0.696 bits per heavy atom. The number of benzene rings is 3. The topological polar surface area (TPSA) is 20.3 Å². The molecule has 0 radical (unpaired) electrons. The highest BCUT2D eigenvalue weighted by atomic mass is 16.1. The second-order valence-corrected chi connectivity index (χ2v) is 5.62. The third kappa shape index (κ3) is 3.02. The van der Waals surface area contributed by atoms with Crippen molar-refractivity contribution in [2.24, 2.45) is 0 Å². The van der Waals surface area contributed by atoms with Gasteiger partial charge in [-0.05, 0) is 61.4 Å². The third-order valence-electron chi connectivity index (χ3n) is 4.00. The van der Waals surface area contributed by atoms with Gasteiger partial charge in [0.25, 0.3) is 0 Å². The first-order valence-corrected chi connectivity index (χ1v) is 7.67. The minimum atomic E-state index is 0.684. The molecule has 0 aliphatic heterocycles. The number of carbonyl (C=O) groups excluding carboxylic acids is 1. The minimum absolute atomic E-state index is 0.684. The highest BCUT2D eigenvalue weighted by molar-refractivity contribution is 5.82. The predicted molar refractivity (Wildman–Crippen MR) is 96.0 cm³/mol. The lowest BCUT2D eigenvalue weighted by atomic mass is 10.1. The summed E-state index contributed by atoms with van der Waals surface area (Å²) in [5.74, 6) is 0. The smallest absolute Gasteiger partial charge is 0.150 e. The lowest BCUT2D eigenvalue weighted by Crippen LogP contribution is -2.12. The minimum Gasteiger partial charge on any atom is -0.310 e. The number of hydrogen-bond donors (Lipinski definition) is 0. The highest BCUT2D eigenvalue weighted by Gasteiger charge is 2.15. The van der Waals surface area contributed by atoms with Crippen LogP contribution in [-0.2, 0) is 0 Å². The molecule has 3 aromatic rings. The van der Waals surface area contributed by atoms with Crippen LogP contribution in [0.3, 0.4) is 0 Å². The normalized spacial score (nSPS) is 10.3. The van der Waals surface area contributed by atoms with E-state index < -0.39 is 0 Å². The molecule has 2 heteroatoms. The summed E-state index contributed by atoms with van der Waals surface area (Å²) in [6, 6.07) is 24.3. The van der Waals surface area contributed by atoms with Crippen molar-refractivity contribution >= 4 is 23.3 Å². The zero-order chi connectivity index (χ0) is 16.2. The maximum Gasteiger partial charge on any atom is 0.150 e. The van der Waals surface area contributed by atoms with Crippen LogP contribution < -0.4 is 4.90 Å². The van der Waals surface area contributed by atoms with E-state index >= 15 is 0 Å². The molecule has 0 spiro atoms. The molecule has 3 rings (SSSR count). The van der Waals surface area contributed by atoms with Gasteiger partial charge >= 0.3 is 0 Å². The van der Waals surface area contributed by atoms with Crippen LogP contribution >= 0.6 is 0 Å². The van der Waals surface area contributed by atoms with E-state index in [9.17, 15) is 4.79 Å². The number of aldehydes is 1. The van der Waals surface area contributed by atoms with E-state index in [4.69, 9.17) is 0 Å². The van der Waals surface area contributed by atoms with Crippen molar-refractivity contribution in [2.75, 3.05) is 4.90 Å². The Hall–Kier alpha value is -2.87. The van der Waals surface area contributed by atoms with Gasteiger partial charge in [0.1, 0.15) is 6.29 Å². The fourth-order valence-electron chi connectivity index (χ4n) is 2.74. The Kier molecular flexibility index (Phi) is 4.24. The van der Waals surface area contributed by atoms with Gasteiger partial charge in [0.2, 0.25) is 0 Å². The van der Waals surface area contributed by atoms with E-state index in [0.717, 1.165) is 23.3 Å². The molecule has 0 saturated heterocycles. The zero-order valence-corrected chi connectivity index (χ0v) is 13.4. The SMILES string of the molecule is Cc1ccccc1N(c1ccc(C=O)cc1)c1ccccc1C. The second kappa shape index (κ2) is 6.49. The Morgan fingerprint density at radius 2 is 1.17 bits per heavy atom. The van der Waals surface area contributed by atoms with E-state index in [1.807, 2.05) is 48.5 Å². The molecule has 114 valence electrons. The number of nitrogens with zero attached hydrogens (tertiary/aromatic N) is 1. The average molecular weight is 301 g/mol. The summed E-state index contributed by atoms with van der Waals surface area (Å²) >= 11 is 0. The molecular formula is C21H19NO. The quantitative estimate of drug-likeness (QED) is 0.586.